The number of hydrogen-bond acceptors (Lipinski definition) is 2. The van der Waals surface area contributed by atoms with E-state index in [-0.39, 0.29) is 6.09 Å². The summed E-state index contributed by atoms with van der Waals surface area (Å²) in [5.74, 6) is 0.423. The molecule has 1 aliphatic rings. The maximum absolute atomic E-state index is 11.3. The van der Waals surface area contributed by atoms with Gasteiger partial charge in [0.15, 0.2) is 0 Å². The summed E-state index contributed by atoms with van der Waals surface area (Å²) in [6.07, 6.45) is -0.383. The molecule has 1 aromatic rings. The first-order valence-electron chi connectivity index (χ1n) is 4.35. The van der Waals surface area contributed by atoms with Crippen molar-refractivity contribution in [3.05, 3.63) is 35.9 Å². The topological polar surface area (TPSA) is 29.5 Å². The summed E-state index contributed by atoms with van der Waals surface area (Å²) in [5, 5.41) is 0. The molecule has 0 unspecified atom stereocenters. The average molecular weight is 189 g/mol. The van der Waals surface area contributed by atoms with E-state index in [9.17, 15) is 4.79 Å². The molecule has 0 saturated carbocycles. The van der Waals surface area contributed by atoms with Crippen LogP contribution in [0.3, 0.4) is 0 Å². The van der Waals surface area contributed by atoms with Gasteiger partial charge in [0.1, 0.15) is 5.76 Å². The molecule has 1 amide bonds. The number of ether oxygens (including phenoxy) is 1. The summed E-state index contributed by atoms with van der Waals surface area (Å²) >= 11 is 0. The molecule has 2 rings (SSSR count). The number of aryl methyl sites for hydroxylation is 1. The summed E-state index contributed by atoms with van der Waals surface area (Å²) < 4.78 is 4.97. The van der Waals surface area contributed by atoms with Gasteiger partial charge in [-0.2, -0.15) is 0 Å². The predicted molar refractivity (Wildman–Crippen MR) is 55.1 cm³/mol. The van der Waals surface area contributed by atoms with Gasteiger partial charge < -0.3 is 4.74 Å². The molecule has 0 aliphatic carbocycles. The van der Waals surface area contributed by atoms with Crippen LogP contribution in [0, 0.1) is 6.92 Å². The molecular weight excluding hydrogens is 178 g/mol. The minimum Gasteiger partial charge on any atom is -0.410 e. The Morgan fingerprint density at radius 3 is 2.86 bits per heavy atom. The highest BCUT2D eigenvalue weighted by molar-refractivity contribution is 5.98. The molecule has 0 fully saturated rings. The third kappa shape index (κ3) is 1.18. The number of fused-ring (bicyclic) bond motifs is 1. The van der Waals surface area contributed by atoms with E-state index >= 15 is 0 Å². The molecule has 1 aliphatic heterocycles. The first-order valence-corrected chi connectivity index (χ1v) is 4.35. The Balaban J connectivity index is 2.61. The van der Waals surface area contributed by atoms with E-state index in [1.165, 1.54) is 4.90 Å². The predicted octanol–water partition coefficient (Wildman–Crippen LogP) is 2.55. The zero-order valence-corrected chi connectivity index (χ0v) is 8.20. The molecule has 72 valence electrons. The highest BCUT2D eigenvalue weighted by Crippen LogP contribution is 2.32. The molecule has 0 spiro atoms. The standard InChI is InChI=1S/C11H11NO2/c1-7-4-5-10-9(6-7)8(2)14-11(13)12(10)3/h4-6H,2H2,1,3H3. The summed E-state index contributed by atoms with van der Waals surface area (Å²) in [6, 6.07) is 5.82. The van der Waals surface area contributed by atoms with Crippen molar-refractivity contribution in [2.75, 3.05) is 11.9 Å². The van der Waals surface area contributed by atoms with Gasteiger partial charge in [-0.15, -0.1) is 0 Å². The lowest BCUT2D eigenvalue weighted by Crippen LogP contribution is -2.31. The Morgan fingerprint density at radius 2 is 2.14 bits per heavy atom. The number of carbonyl (C=O) groups excluding carboxylic acids is 1. The van der Waals surface area contributed by atoms with Crippen LogP contribution in [-0.4, -0.2) is 13.1 Å². The molecule has 0 radical (unpaired) electrons. The molecule has 0 bridgehead atoms. The van der Waals surface area contributed by atoms with Crippen molar-refractivity contribution in [2.24, 2.45) is 0 Å². The zero-order valence-electron chi connectivity index (χ0n) is 8.20. The van der Waals surface area contributed by atoms with Crippen molar-refractivity contribution in [3.63, 3.8) is 0 Å². The second-order valence-electron chi connectivity index (χ2n) is 3.37. The number of amides is 1. The Morgan fingerprint density at radius 1 is 1.43 bits per heavy atom. The molecular formula is C11H11NO2. The number of rotatable bonds is 0. The fourth-order valence-electron chi connectivity index (χ4n) is 1.49. The Bertz CT molecular complexity index is 423. The van der Waals surface area contributed by atoms with Crippen molar-refractivity contribution in [1.29, 1.82) is 0 Å². The molecule has 3 heteroatoms. The number of cyclic esters (lactones) is 1. The maximum atomic E-state index is 11.3. The van der Waals surface area contributed by atoms with Gasteiger partial charge in [-0.3, -0.25) is 4.90 Å². The van der Waals surface area contributed by atoms with E-state index in [0.717, 1.165) is 16.8 Å². The summed E-state index contributed by atoms with van der Waals surface area (Å²) in [6.45, 7) is 5.70. The molecule has 0 atom stereocenters. The molecule has 0 N–H and O–H groups in total. The molecule has 1 aromatic carbocycles. The second kappa shape index (κ2) is 2.87. The van der Waals surface area contributed by atoms with E-state index in [4.69, 9.17) is 4.74 Å². The quantitative estimate of drug-likeness (QED) is 0.627. The van der Waals surface area contributed by atoms with Gasteiger partial charge in [0, 0.05) is 12.6 Å². The van der Waals surface area contributed by atoms with E-state index in [2.05, 4.69) is 6.58 Å². The fourth-order valence-corrected chi connectivity index (χ4v) is 1.49. The lowest BCUT2D eigenvalue weighted by atomic mass is 10.1. The van der Waals surface area contributed by atoms with Crippen LogP contribution in [0.2, 0.25) is 0 Å². The van der Waals surface area contributed by atoms with Crippen molar-refractivity contribution in [1.82, 2.24) is 0 Å². The van der Waals surface area contributed by atoms with Crippen LogP contribution < -0.4 is 4.90 Å². The Hall–Kier alpha value is -1.77. The van der Waals surface area contributed by atoms with Crippen molar-refractivity contribution < 1.29 is 9.53 Å². The molecule has 14 heavy (non-hydrogen) atoms. The fraction of sp³-hybridized carbons (Fsp3) is 0.182. The highest BCUT2D eigenvalue weighted by atomic mass is 16.6. The van der Waals surface area contributed by atoms with Crippen LogP contribution in [0.5, 0.6) is 0 Å². The summed E-state index contributed by atoms with van der Waals surface area (Å²) in [7, 11) is 1.68. The van der Waals surface area contributed by atoms with E-state index in [0.29, 0.717) is 5.76 Å². The lowest BCUT2D eigenvalue weighted by molar-refractivity contribution is 0.199. The molecule has 1 heterocycles. The highest BCUT2D eigenvalue weighted by Gasteiger charge is 2.24. The van der Waals surface area contributed by atoms with Crippen LogP contribution >= 0.6 is 0 Å². The minimum absolute atomic E-state index is 0.383. The smallest absolute Gasteiger partial charge is 0.410 e. The maximum Gasteiger partial charge on any atom is 0.419 e. The van der Waals surface area contributed by atoms with Gasteiger partial charge in [-0.25, -0.2) is 4.79 Å². The van der Waals surface area contributed by atoms with E-state index in [1.54, 1.807) is 7.05 Å². The summed E-state index contributed by atoms with van der Waals surface area (Å²) in [4.78, 5) is 12.8. The monoisotopic (exact) mass is 189 g/mol. The number of nitrogens with zero attached hydrogens (tertiary/aromatic N) is 1. The normalized spacial score (nSPS) is 15.1. The lowest BCUT2D eigenvalue weighted by Gasteiger charge is -2.26. The van der Waals surface area contributed by atoms with Crippen molar-refractivity contribution in [3.8, 4) is 0 Å². The van der Waals surface area contributed by atoms with Crippen LogP contribution in [0.1, 0.15) is 11.1 Å². The average Bonchev–Trinajstić information content (AvgIpc) is 2.14. The first-order chi connectivity index (χ1) is 6.59. The van der Waals surface area contributed by atoms with E-state index < -0.39 is 0 Å². The van der Waals surface area contributed by atoms with Crippen LogP contribution in [0.4, 0.5) is 10.5 Å². The van der Waals surface area contributed by atoms with Gasteiger partial charge in [0.2, 0.25) is 0 Å². The summed E-state index contributed by atoms with van der Waals surface area (Å²) in [5.41, 5.74) is 2.85. The number of hydrogen-bond donors (Lipinski definition) is 0. The van der Waals surface area contributed by atoms with Gasteiger partial charge in [-0.1, -0.05) is 18.2 Å². The molecule has 3 nitrogen and oxygen atoms in total. The third-order valence-electron chi connectivity index (χ3n) is 2.30. The van der Waals surface area contributed by atoms with Crippen LogP contribution in [0.25, 0.3) is 5.76 Å². The van der Waals surface area contributed by atoms with Gasteiger partial charge >= 0.3 is 6.09 Å². The number of benzene rings is 1. The van der Waals surface area contributed by atoms with Gasteiger partial charge in [-0.05, 0) is 19.1 Å². The number of carbonyl (C=O) groups is 1. The Kier molecular flexibility index (Phi) is 1.81. The zero-order chi connectivity index (χ0) is 10.3. The minimum atomic E-state index is -0.383. The van der Waals surface area contributed by atoms with Gasteiger partial charge in [0.25, 0.3) is 0 Å². The second-order valence-corrected chi connectivity index (χ2v) is 3.37. The molecule has 0 saturated heterocycles. The largest absolute Gasteiger partial charge is 0.419 e. The molecule has 0 aromatic heterocycles. The van der Waals surface area contributed by atoms with Crippen LogP contribution in [-0.2, 0) is 4.74 Å². The SMILES string of the molecule is C=C1OC(=O)N(C)c2ccc(C)cc21. The van der Waals surface area contributed by atoms with E-state index in [1.807, 2.05) is 25.1 Å². The first kappa shape index (κ1) is 8.81. The van der Waals surface area contributed by atoms with Gasteiger partial charge in [0.05, 0.1) is 5.69 Å². The Labute approximate surface area is 82.6 Å². The van der Waals surface area contributed by atoms with Crippen molar-refractivity contribution >= 4 is 17.5 Å². The van der Waals surface area contributed by atoms with Crippen LogP contribution in [0.15, 0.2) is 24.8 Å². The number of anilines is 1. The third-order valence-corrected chi connectivity index (χ3v) is 2.30. The van der Waals surface area contributed by atoms with Crippen molar-refractivity contribution in [2.45, 2.75) is 6.92 Å².